The van der Waals surface area contributed by atoms with E-state index in [-0.39, 0.29) is 24.3 Å². The zero-order valence-electron chi connectivity index (χ0n) is 23.7. The van der Waals surface area contributed by atoms with Crippen molar-refractivity contribution in [3.05, 3.63) is 43.0 Å². The predicted molar refractivity (Wildman–Crippen MR) is 150 cm³/mol. The second-order valence-electron chi connectivity index (χ2n) is 10.4. The van der Waals surface area contributed by atoms with Gasteiger partial charge in [-0.1, -0.05) is 25.1 Å². The number of nitrogen functional groups attached to an aromatic ring is 1. The highest BCUT2D eigenvalue weighted by Crippen LogP contribution is 2.51. The van der Waals surface area contributed by atoms with Gasteiger partial charge >= 0.3 is 13.7 Å². The van der Waals surface area contributed by atoms with Gasteiger partial charge in [-0.3, -0.25) is 13.9 Å². The van der Waals surface area contributed by atoms with E-state index in [1.165, 1.54) is 24.1 Å². The van der Waals surface area contributed by atoms with Gasteiger partial charge in [0.25, 0.3) is 0 Å². The van der Waals surface area contributed by atoms with Crippen LogP contribution in [-0.2, 0) is 23.4 Å². The van der Waals surface area contributed by atoms with E-state index in [2.05, 4.69) is 25.4 Å². The third kappa shape index (κ3) is 6.84. The molecule has 1 fully saturated rings. The Hall–Kier alpha value is -3.16. The molecule has 224 valence electrons. The van der Waals surface area contributed by atoms with Gasteiger partial charge < -0.3 is 25.0 Å². The van der Waals surface area contributed by atoms with Crippen LogP contribution in [0.5, 0.6) is 5.75 Å². The van der Waals surface area contributed by atoms with Crippen molar-refractivity contribution in [1.82, 2.24) is 29.9 Å². The highest BCUT2D eigenvalue weighted by atomic mass is 31.2. The fourth-order valence-electron chi connectivity index (χ4n) is 4.58. The molecular formula is C26H37FN7O6P. The van der Waals surface area contributed by atoms with E-state index < -0.39 is 43.7 Å². The molecule has 0 amide bonds. The molecule has 1 aromatic carbocycles. The number of aromatic nitrogens is 4. The highest BCUT2D eigenvalue weighted by molar-refractivity contribution is 7.52. The van der Waals surface area contributed by atoms with E-state index in [0.717, 1.165) is 0 Å². The number of carbonyl (C=O) groups excluding carboxylic acids is 1. The molecule has 15 heteroatoms. The van der Waals surface area contributed by atoms with Crippen LogP contribution in [0.15, 0.2) is 43.0 Å². The van der Waals surface area contributed by atoms with Crippen LogP contribution in [0.2, 0.25) is 0 Å². The first-order chi connectivity index (χ1) is 19.5. The van der Waals surface area contributed by atoms with E-state index in [0.29, 0.717) is 24.1 Å². The minimum absolute atomic E-state index is 0.162. The van der Waals surface area contributed by atoms with E-state index in [1.807, 2.05) is 0 Å². The van der Waals surface area contributed by atoms with Crippen molar-refractivity contribution in [1.29, 1.82) is 0 Å². The molecule has 41 heavy (non-hydrogen) atoms. The number of benzene rings is 1. The summed E-state index contributed by atoms with van der Waals surface area (Å²) in [5, 5.41) is 5.69. The molecule has 0 saturated carbocycles. The second-order valence-corrected chi connectivity index (χ2v) is 12.1. The number of imidazole rings is 1. The summed E-state index contributed by atoms with van der Waals surface area (Å²) in [5.41, 5.74) is 5.49. The molecule has 13 nitrogen and oxygen atoms in total. The van der Waals surface area contributed by atoms with Gasteiger partial charge in [-0.25, -0.2) is 23.9 Å². The van der Waals surface area contributed by atoms with Crippen molar-refractivity contribution in [2.24, 2.45) is 5.41 Å². The number of nitrogens with two attached hydrogens (primary N) is 1. The number of halogens is 1. The fourth-order valence-corrected chi connectivity index (χ4v) is 6.07. The summed E-state index contributed by atoms with van der Waals surface area (Å²) in [5.74, 6) is -0.217. The molecule has 6 atom stereocenters. The monoisotopic (exact) mass is 593 g/mol. The molecule has 3 heterocycles. The first-order valence-corrected chi connectivity index (χ1v) is 14.9. The van der Waals surface area contributed by atoms with Crippen LogP contribution in [0.4, 0.5) is 10.2 Å². The number of anilines is 1. The van der Waals surface area contributed by atoms with E-state index in [4.69, 9.17) is 24.3 Å². The molecule has 4 N–H and O–H groups in total. The Morgan fingerprint density at radius 3 is 2.66 bits per heavy atom. The maximum atomic E-state index is 16.3. The van der Waals surface area contributed by atoms with Gasteiger partial charge in [-0.15, -0.1) is 0 Å². The van der Waals surface area contributed by atoms with Gasteiger partial charge in [0.15, 0.2) is 23.9 Å². The summed E-state index contributed by atoms with van der Waals surface area (Å²) < 4.78 is 54.8. The van der Waals surface area contributed by atoms with Crippen LogP contribution in [0.3, 0.4) is 0 Å². The van der Waals surface area contributed by atoms with Gasteiger partial charge in [0.2, 0.25) is 0 Å². The SMILES string of the molecule is CNCCC1(C)C(F)[C@H](n2cnc3c(N)ncnc32)O[C@@H]1COP(=O)(N[C@@H](C)C(=O)OC(C)C)Oc1ccccc1. The zero-order chi connectivity index (χ0) is 29.8. The number of para-hydroxylation sites is 1. The molecule has 2 aromatic heterocycles. The number of hydrogen-bond donors (Lipinski definition) is 3. The number of carbonyl (C=O) groups is 1. The Balaban J connectivity index is 1.60. The summed E-state index contributed by atoms with van der Waals surface area (Å²) in [6.45, 7) is 6.81. The Kier molecular flexibility index (Phi) is 9.60. The number of alkyl halides is 1. The summed E-state index contributed by atoms with van der Waals surface area (Å²) in [6, 6.07) is 7.35. The normalized spacial score (nSPS) is 24.8. The topological polar surface area (TPSA) is 165 Å². The van der Waals surface area contributed by atoms with Crippen LogP contribution < -0.4 is 20.7 Å². The lowest BCUT2D eigenvalue weighted by Crippen LogP contribution is -2.41. The lowest BCUT2D eigenvalue weighted by molar-refractivity contribution is -0.149. The number of ether oxygens (including phenoxy) is 2. The number of nitrogens with zero attached hydrogens (tertiary/aromatic N) is 4. The van der Waals surface area contributed by atoms with Gasteiger partial charge in [-0.2, -0.15) is 5.09 Å². The molecule has 3 aromatic rings. The molecule has 0 aliphatic carbocycles. The highest BCUT2D eigenvalue weighted by Gasteiger charge is 2.55. The molecular weight excluding hydrogens is 556 g/mol. The third-order valence-corrected chi connectivity index (χ3v) is 8.56. The van der Waals surface area contributed by atoms with E-state index in [1.54, 1.807) is 58.2 Å². The molecule has 0 spiro atoms. The minimum atomic E-state index is -4.20. The lowest BCUT2D eigenvalue weighted by Gasteiger charge is -2.32. The van der Waals surface area contributed by atoms with Gasteiger partial charge in [0.05, 0.1) is 25.1 Å². The maximum absolute atomic E-state index is 16.3. The van der Waals surface area contributed by atoms with Crippen LogP contribution in [0.25, 0.3) is 11.2 Å². The molecule has 0 radical (unpaired) electrons. The van der Waals surface area contributed by atoms with Gasteiger partial charge in [0.1, 0.15) is 23.6 Å². The van der Waals surface area contributed by atoms with Crippen molar-refractivity contribution in [3.8, 4) is 5.75 Å². The number of esters is 1. The summed E-state index contributed by atoms with van der Waals surface area (Å²) in [6.07, 6.45) is -0.852. The van der Waals surface area contributed by atoms with Crippen molar-refractivity contribution in [2.45, 2.75) is 64.8 Å². The molecule has 4 rings (SSSR count). The fraction of sp³-hybridized carbons (Fsp3) is 0.538. The number of rotatable bonds is 13. The first-order valence-electron chi connectivity index (χ1n) is 13.3. The van der Waals surface area contributed by atoms with Crippen LogP contribution >= 0.6 is 7.75 Å². The summed E-state index contributed by atoms with van der Waals surface area (Å²) in [7, 11) is -2.43. The lowest BCUT2D eigenvalue weighted by atomic mass is 9.78. The molecule has 0 bridgehead atoms. The number of nitrogens with one attached hydrogen (secondary N) is 2. The van der Waals surface area contributed by atoms with Crippen LogP contribution in [0.1, 0.15) is 40.3 Å². The Morgan fingerprint density at radius 1 is 1.24 bits per heavy atom. The number of hydrogen-bond acceptors (Lipinski definition) is 11. The standard InChI is InChI=1S/C26H37FN7O6P/c1-16(2)38-25(35)17(3)33-41(36,40-18-9-7-6-8-10-18)37-13-19-26(4,11-12-29-5)21(27)24(39-19)34-15-32-20-22(28)30-14-31-23(20)34/h6-10,14-17,19,21,24,29H,11-13H2,1-5H3,(H,33,36)(H2,28,30,31)/t17-,19+,21?,24+,26?,41?/m0/s1. The third-order valence-electron chi connectivity index (χ3n) is 6.92. The minimum Gasteiger partial charge on any atom is -0.462 e. The quantitative estimate of drug-likeness (QED) is 0.196. The average Bonchev–Trinajstić information content (AvgIpc) is 3.46. The van der Waals surface area contributed by atoms with Crippen LogP contribution in [-0.4, -0.2) is 70.1 Å². The largest absolute Gasteiger partial charge is 0.462 e. The first kappa shape index (κ1) is 30.8. The Morgan fingerprint density at radius 2 is 1.98 bits per heavy atom. The van der Waals surface area contributed by atoms with Crippen LogP contribution in [0, 0.1) is 5.41 Å². The van der Waals surface area contributed by atoms with E-state index in [9.17, 15) is 9.36 Å². The zero-order valence-corrected chi connectivity index (χ0v) is 24.6. The smallest absolute Gasteiger partial charge is 0.459 e. The maximum Gasteiger partial charge on any atom is 0.459 e. The molecule has 1 aliphatic heterocycles. The van der Waals surface area contributed by atoms with Crippen molar-refractivity contribution in [2.75, 3.05) is 25.9 Å². The Labute approximate surface area is 237 Å². The summed E-state index contributed by atoms with van der Waals surface area (Å²) >= 11 is 0. The molecule has 3 unspecified atom stereocenters. The van der Waals surface area contributed by atoms with Crippen molar-refractivity contribution >= 4 is 30.7 Å². The Bertz CT molecular complexity index is 1380. The molecule has 1 aliphatic rings. The predicted octanol–water partition coefficient (Wildman–Crippen LogP) is 3.39. The van der Waals surface area contributed by atoms with Gasteiger partial charge in [0, 0.05) is 5.41 Å². The summed E-state index contributed by atoms with van der Waals surface area (Å²) in [4.78, 5) is 24.9. The second kappa shape index (κ2) is 12.8. The van der Waals surface area contributed by atoms with Gasteiger partial charge in [-0.05, 0) is 52.9 Å². The van der Waals surface area contributed by atoms with Crippen molar-refractivity contribution < 1.29 is 32.3 Å². The van der Waals surface area contributed by atoms with E-state index >= 15 is 4.39 Å². The number of fused-ring (bicyclic) bond motifs is 1. The van der Waals surface area contributed by atoms with Crippen molar-refractivity contribution in [3.63, 3.8) is 0 Å². The molecule has 1 saturated heterocycles. The average molecular weight is 594 g/mol.